The summed E-state index contributed by atoms with van der Waals surface area (Å²) in [5.41, 5.74) is 7.89. The van der Waals surface area contributed by atoms with Gasteiger partial charge < -0.3 is 0 Å². The molecule has 0 saturated heterocycles. The smallest absolute Gasteiger partial charge is 0.142 e. The van der Waals surface area contributed by atoms with Crippen molar-refractivity contribution in [2.75, 3.05) is 0 Å². The molecule has 1 nitrogen and oxygen atoms in total. The molecular formula is C25H30BN. The van der Waals surface area contributed by atoms with E-state index >= 15 is 0 Å². The molecule has 2 radical (unpaired) electrons. The summed E-state index contributed by atoms with van der Waals surface area (Å²) in [5, 5.41) is 2.39. The van der Waals surface area contributed by atoms with E-state index in [1.807, 2.05) is 0 Å². The molecule has 1 aromatic heterocycles. The lowest BCUT2D eigenvalue weighted by atomic mass is 9.87. The van der Waals surface area contributed by atoms with E-state index in [2.05, 4.69) is 84.9 Å². The summed E-state index contributed by atoms with van der Waals surface area (Å²) in [7, 11) is 6.33. The number of hydrogen-bond acceptors (Lipinski definition) is 1. The number of pyridine rings is 1. The highest BCUT2D eigenvalue weighted by Crippen LogP contribution is 2.33. The minimum absolute atomic E-state index is 0.476. The monoisotopic (exact) mass is 355 g/mol. The number of benzene rings is 2. The van der Waals surface area contributed by atoms with E-state index in [-0.39, 0.29) is 0 Å². The first-order valence-electron chi connectivity index (χ1n) is 10.0. The molecular weight excluding hydrogens is 325 g/mol. The Bertz CT molecular complexity index is 957. The van der Waals surface area contributed by atoms with E-state index in [9.17, 15) is 0 Å². The third-order valence-corrected chi connectivity index (χ3v) is 5.57. The molecule has 0 amide bonds. The normalized spacial score (nSPS) is 11.9. The number of fused-ring (bicyclic) bond motifs is 1. The standard InChI is InChI=1S/C25H30BN/c1-14(2)18-8-9-22-23(13-18)17(7)25(26)27-24(22)21-11-19(15(3)4)10-20(12-21)16(5)6/h8-16H,1-7H3. The fourth-order valence-electron chi connectivity index (χ4n) is 3.54. The number of hydrogen-bond donors (Lipinski definition) is 0. The maximum absolute atomic E-state index is 6.33. The van der Waals surface area contributed by atoms with Crippen LogP contribution in [0.5, 0.6) is 0 Å². The second-order valence-corrected chi connectivity index (χ2v) is 8.63. The van der Waals surface area contributed by atoms with Gasteiger partial charge in [-0.3, -0.25) is 4.98 Å². The van der Waals surface area contributed by atoms with Crippen LogP contribution < -0.4 is 5.59 Å². The van der Waals surface area contributed by atoms with E-state index in [4.69, 9.17) is 12.8 Å². The van der Waals surface area contributed by atoms with Gasteiger partial charge in [0.05, 0.1) is 5.69 Å². The zero-order valence-electron chi connectivity index (χ0n) is 17.7. The van der Waals surface area contributed by atoms with Crippen LogP contribution in [0.4, 0.5) is 0 Å². The summed E-state index contributed by atoms with van der Waals surface area (Å²) in [4.78, 5) is 4.82. The van der Waals surface area contributed by atoms with Gasteiger partial charge in [0.2, 0.25) is 0 Å². The van der Waals surface area contributed by atoms with E-state index in [1.54, 1.807) is 0 Å². The zero-order chi connectivity index (χ0) is 19.9. The summed E-state index contributed by atoms with van der Waals surface area (Å²) < 4.78 is 0. The lowest BCUT2D eigenvalue weighted by Gasteiger charge is -2.18. The van der Waals surface area contributed by atoms with Gasteiger partial charge in [-0.05, 0) is 70.0 Å². The highest BCUT2D eigenvalue weighted by molar-refractivity contribution is 6.33. The minimum atomic E-state index is 0.476. The highest BCUT2D eigenvalue weighted by Gasteiger charge is 2.15. The molecule has 0 spiro atoms. The number of aromatic nitrogens is 1. The predicted molar refractivity (Wildman–Crippen MR) is 120 cm³/mol. The van der Waals surface area contributed by atoms with Gasteiger partial charge in [0.1, 0.15) is 7.85 Å². The van der Waals surface area contributed by atoms with Crippen LogP contribution in [0.25, 0.3) is 22.0 Å². The summed E-state index contributed by atoms with van der Waals surface area (Å²) in [5.74, 6) is 1.44. The van der Waals surface area contributed by atoms with Crippen molar-refractivity contribution < 1.29 is 0 Å². The van der Waals surface area contributed by atoms with Crippen molar-refractivity contribution in [1.82, 2.24) is 4.98 Å². The minimum Gasteiger partial charge on any atom is -0.263 e. The predicted octanol–water partition coefficient (Wildman–Crippen LogP) is 6.37. The van der Waals surface area contributed by atoms with Gasteiger partial charge in [-0.15, -0.1) is 0 Å². The molecule has 1 heterocycles. The number of aryl methyl sites for hydroxylation is 1. The van der Waals surface area contributed by atoms with Crippen molar-refractivity contribution in [2.24, 2.45) is 0 Å². The van der Waals surface area contributed by atoms with Gasteiger partial charge in [0.15, 0.2) is 0 Å². The average Bonchev–Trinajstić information content (AvgIpc) is 2.63. The van der Waals surface area contributed by atoms with Crippen LogP contribution >= 0.6 is 0 Å². The van der Waals surface area contributed by atoms with Gasteiger partial charge in [-0.2, -0.15) is 0 Å². The Morgan fingerprint density at radius 3 is 1.78 bits per heavy atom. The summed E-state index contributed by atoms with van der Waals surface area (Å²) in [6.07, 6.45) is 0. The second kappa shape index (κ2) is 7.50. The highest BCUT2D eigenvalue weighted by atomic mass is 14.7. The van der Waals surface area contributed by atoms with Gasteiger partial charge in [-0.25, -0.2) is 0 Å². The van der Waals surface area contributed by atoms with Gasteiger partial charge in [0, 0.05) is 10.9 Å². The third-order valence-electron chi connectivity index (χ3n) is 5.57. The fourth-order valence-corrected chi connectivity index (χ4v) is 3.54. The molecule has 3 rings (SSSR count). The van der Waals surface area contributed by atoms with Gasteiger partial charge in [0.25, 0.3) is 0 Å². The van der Waals surface area contributed by atoms with E-state index in [0.717, 1.165) is 11.3 Å². The topological polar surface area (TPSA) is 12.9 Å². The number of nitrogens with zero attached hydrogens (tertiary/aromatic N) is 1. The average molecular weight is 355 g/mol. The molecule has 0 saturated carbocycles. The lowest BCUT2D eigenvalue weighted by Crippen LogP contribution is -2.14. The summed E-state index contributed by atoms with van der Waals surface area (Å²) >= 11 is 0. The molecule has 27 heavy (non-hydrogen) atoms. The van der Waals surface area contributed by atoms with E-state index in [1.165, 1.54) is 33.0 Å². The Balaban J connectivity index is 2.33. The largest absolute Gasteiger partial charge is 0.263 e. The Labute approximate surface area is 165 Å². The van der Waals surface area contributed by atoms with Crippen LogP contribution in [-0.4, -0.2) is 12.8 Å². The Kier molecular flexibility index (Phi) is 5.47. The van der Waals surface area contributed by atoms with Crippen LogP contribution in [0.1, 0.15) is 81.5 Å². The first-order chi connectivity index (χ1) is 12.7. The molecule has 2 aromatic carbocycles. The van der Waals surface area contributed by atoms with Crippen LogP contribution in [0.15, 0.2) is 36.4 Å². The molecule has 138 valence electrons. The molecule has 2 heteroatoms. The Morgan fingerprint density at radius 2 is 1.26 bits per heavy atom. The Hall–Kier alpha value is -2.09. The summed E-state index contributed by atoms with van der Waals surface area (Å²) in [6, 6.07) is 13.6. The first-order valence-corrected chi connectivity index (χ1v) is 10.0. The molecule has 0 aliphatic heterocycles. The van der Waals surface area contributed by atoms with Crippen molar-refractivity contribution in [1.29, 1.82) is 0 Å². The van der Waals surface area contributed by atoms with Crippen LogP contribution in [0.3, 0.4) is 0 Å². The van der Waals surface area contributed by atoms with Crippen molar-refractivity contribution >= 4 is 24.2 Å². The molecule has 0 atom stereocenters. The number of rotatable bonds is 4. The van der Waals surface area contributed by atoms with Crippen LogP contribution in [-0.2, 0) is 0 Å². The van der Waals surface area contributed by atoms with Crippen molar-refractivity contribution in [3.63, 3.8) is 0 Å². The molecule has 0 aliphatic carbocycles. The zero-order valence-corrected chi connectivity index (χ0v) is 17.7. The Morgan fingerprint density at radius 1 is 0.704 bits per heavy atom. The maximum atomic E-state index is 6.33. The van der Waals surface area contributed by atoms with Crippen molar-refractivity contribution in [3.8, 4) is 11.3 Å². The summed E-state index contributed by atoms with van der Waals surface area (Å²) in [6.45, 7) is 15.5. The SMILES string of the molecule is [B]c1nc(-c2cc(C(C)C)cc(C(C)C)c2)c2ccc(C(C)C)cc2c1C. The fraction of sp³-hybridized carbons (Fsp3) is 0.400. The molecule has 0 aliphatic rings. The molecule has 0 bridgehead atoms. The van der Waals surface area contributed by atoms with Crippen molar-refractivity contribution in [3.05, 3.63) is 58.7 Å². The second-order valence-electron chi connectivity index (χ2n) is 8.63. The first kappa shape index (κ1) is 19.7. The molecule has 3 aromatic rings. The molecule has 0 unspecified atom stereocenters. The van der Waals surface area contributed by atoms with Crippen molar-refractivity contribution in [2.45, 2.75) is 66.2 Å². The lowest BCUT2D eigenvalue weighted by molar-refractivity contribution is 0.834. The van der Waals surface area contributed by atoms with Crippen LogP contribution in [0.2, 0.25) is 0 Å². The van der Waals surface area contributed by atoms with E-state index < -0.39 is 0 Å². The maximum Gasteiger partial charge on any atom is 0.142 e. The van der Waals surface area contributed by atoms with Gasteiger partial charge >= 0.3 is 0 Å². The quantitative estimate of drug-likeness (QED) is 0.495. The molecule has 0 fully saturated rings. The van der Waals surface area contributed by atoms with Gasteiger partial charge in [-0.1, -0.05) is 65.8 Å². The van der Waals surface area contributed by atoms with E-state index in [0.29, 0.717) is 23.3 Å². The molecule has 0 N–H and O–H groups in total. The third kappa shape index (κ3) is 3.81. The van der Waals surface area contributed by atoms with Crippen LogP contribution in [0, 0.1) is 6.92 Å².